The lowest BCUT2D eigenvalue weighted by molar-refractivity contribution is -0.161. The summed E-state index contributed by atoms with van der Waals surface area (Å²) in [5.41, 5.74) is 1.81. The number of aromatic nitrogens is 1. The van der Waals surface area contributed by atoms with Crippen LogP contribution in [0.2, 0.25) is 0 Å². The van der Waals surface area contributed by atoms with Gasteiger partial charge in [0, 0.05) is 42.3 Å². The van der Waals surface area contributed by atoms with Gasteiger partial charge in [0.15, 0.2) is 27.5 Å². The second-order valence-electron chi connectivity index (χ2n) is 11.7. The molecule has 3 aromatic rings. The predicted molar refractivity (Wildman–Crippen MR) is 155 cm³/mol. The van der Waals surface area contributed by atoms with E-state index in [9.17, 15) is 23.1 Å². The third-order valence-electron chi connectivity index (χ3n) is 7.78. The Hall–Kier alpha value is -3.44. The Morgan fingerprint density at radius 3 is 2.46 bits per heavy atom. The third-order valence-corrected chi connectivity index (χ3v) is 9.39. The van der Waals surface area contributed by atoms with E-state index in [4.69, 9.17) is 9.47 Å². The van der Waals surface area contributed by atoms with E-state index >= 15 is 4.39 Å². The van der Waals surface area contributed by atoms with Crippen LogP contribution in [-0.2, 0) is 32.8 Å². The molecule has 0 saturated carbocycles. The Morgan fingerprint density at radius 2 is 1.83 bits per heavy atom. The Bertz CT molecular complexity index is 1710. The molecule has 1 fully saturated rings. The fourth-order valence-corrected chi connectivity index (χ4v) is 6.98. The normalized spacial score (nSPS) is 17.7. The van der Waals surface area contributed by atoms with Gasteiger partial charge in [-0.25, -0.2) is 17.6 Å². The minimum absolute atomic E-state index is 0.0212. The standard InChI is InChI=1S/C30H35FN2O7S/c1-17-19-7-6-12-39-26(19)23(31)16-21(17)24-20-9-8-18(33-10-13-41(37,38)14-11-33)15-22(20)28(34)32(5)25(24)27(29(35)36)40-30(2,3)4/h8-9,15-16,27H,6-7,10-14H2,1-5H3,(H,35,36). The summed E-state index contributed by atoms with van der Waals surface area (Å²) in [5.74, 6) is -1.58. The summed E-state index contributed by atoms with van der Waals surface area (Å²) in [6, 6.07) is 6.58. The second kappa shape index (κ2) is 10.4. The molecule has 5 rings (SSSR count). The molecule has 3 heterocycles. The molecule has 1 atom stereocenters. The molecule has 0 bridgehead atoms. The number of hydrogen-bond donors (Lipinski definition) is 1. The molecular formula is C30H35FN2O7S. The summed E-state index contributed by atoms with van der Waals surface area (Å²) in [4.78, 5) is 28.4. The molecule has 1 N–H and O–H groups in total. The molecule has 9 nitrogen and oxygen atoms in total. The van der Waals surface area contributed by atoms with Gasteiger partial charge in [-0.15, -0.1) is 0 Å². The van der Waals surface area contributed by atoms with Crippen molar-refractivity contribution >= 4 is 32.3 Å². The number of pyridine rings is 1. The Balaban J connectivity index is 1.83. The van der Waals surface area contributed by atoms with Gasteiger partial charge in [0.05, 0.1) is 29.4 Å². The van der Waals surface area contributed by atoms with Crippen LogP contribution in [0.1, 0.15) is 50.1 Å². The third kappa shape index (κ3) is 5.44. The van der Waals surface area contributed by atoms with Crippen LogP contribution in [0.25, 0.3) is 21.9 Å². The minimum Gasteiger partial charge on any atom is -0.490 e. The van der Waals surface area contributed by atoms with Gasteiger partial charge in [0.1, 0.15) is 0 Å². The lowest BCUT2D eigenvalue weighted by Gasteiger charge is -2.31. The highest BCUT2D eigenvalue weighted by Crippen LogP contribution is 2.43. The molecule has 41 heavy (non-hydrogen) atoms. The van der Waals surface area contributed by atoms with Crippen molar-refractivity contribution in [3.05, 3.63) is 57.3 Å². The highest BCUT2D eigenvalue weighted by molar-refractivity contribution is 7.91. The number of rotatable bonds is 5. The number of benzene rings is 2. The molecule has 1 unspecified atom stereocenters. The fraction of sp³-hybridized carbons (Fsp3) is 0.467. The van der Waals surface area contributed by atoms with Gasteiger partial charge in [-0.3, -0.25) is 4.79 Å². The molecule has 2 aliphatic rings. The smallest absolute Gasteiger partial charge is 0.339 e. The number of aliphatic carboxylic acids is 1. The van der Waals surface area contributed by atoms with Crippen LogP contribution < -0.4 is 15.2 Å². The van der Waals surface area contributed by atoms with Crippen LogP contribution in [0.4, 0.5) is 10.1 Å². The molecule has 1 aromatic heterocycles. The van der Waals surface area contributed by atoms with Crippen molar-refractivity contribution in [2.24, 2.45) is 7.05 Å². The first kappa shape index (κ1) is 29.1. The van der Waals surface area contributed by atoms with Gasteiger partial charge in [0.2, 0.25) is 0 Å². The predicted octanol–water partition coefficient (Wildman–Crippen LogP) is 4.15. The first-order chi connectivity index (χ1) is 19.2. The van der Waals surface area contributed by atoms with Crippen molar-refractivity contribution in [1.82, 2.24) is 4.57 Å². The maximum atomic E-state index is 15.5. The first-order valence-electron chi connectivity index (χ1n) is 13.7. The molecular weight excluding hydrogens is 551 g/mol. The van der Waals surface area contributed by atoms with E-state index in [1.165, 1.54) is 17.7 Å². The topological polar surface area (TPSA) is 115 Å². The number of ether oxygens (including phenoxy) is 2. The summed E-state index contributed by atoms with van der Waals surface area (Å²) >= 11 is 0. The maximum absolute atomic E-state index is 15.5. The van der Waals surface area contributed by atoms with Gasteiger partial charge >= 0.3 is 5.97 Å². The van der Waals surface area contributed by atoms with E-state index in [1.54, 1.807) is 39.0 Å². The largest absolute Gasteiger partial charge is 0.490 e. The molecule has 220 valence electrons. The second-order valence-corrected chi connectivity index (χ2v) is 14.0. The number of sulfone groups is 1. The Kier molecular flexibility index (Phi) is 7.40. The quantitative estimate of drug-likeness (QED) is 0.474. The Labute approximate surface area is 238 Å². The van der Waals surface area contributed by atoms with Crippen LogP contribution in [-0.4, -0.2) is 60.9 Å². The number of fused-ring (bicyclic) bond motifs is 2. The van der Waals surface area contributed by atoms with E-state index in [2.05, 4.69) is 0 Å². The molecule has 1 saturated heterocycles. The van der Waals surface area contributed by atoms with Crippen LogP contribution in [0.3, 0.4) is 0 Å². The Morgan fingerprint density at radius 1 is 1.15 bits per heavy atom. The number of carboxylic acids is 1. The van der Waals surface area contributed by atoms with Crippen LogP contribution in [0, 0.1) is 12.7 Å². The fourth-order valence-electron chi connectivity index (χ4n) is 5.77. The van der Waals surface area contributed by atoms with Crippen LogP contribution in [0.15, 0.2) is 29.1 Å². The highest BCUT2D eigenvalue weighted by Gasteiger charge is 2.34. The molecule has 11 heteroatoms. The van der Waals surface area contributed by atoms with Crippen LogP contribution in [0.5, 0.6) is 5.75 Å². The van der Waals surface area contributed by atoms with Crippen molar-refractivity contribution in [2.75, 3.05) is 36.1 Å². The molecule has 0 aliphatic carbocycles. The minimum atomic E-state index is -3.10. The lowest BCUT2D eigenvalue weighted by Crippen LogP contribution is -2.40. The van der Waals surface area contributed by atoms with E-state index in [0.717, 1.165) is 12.0 Å². The van der Waals surface area contributed by atoms with Crippen molar-refractivity contribution in [1.29, 1.82) is 0 Å². The zero-order valence-electron chi connectivity index (χ0n) is 23.9. The van der Waals surface area contributed by atoms with E-state index in [0.29, 0.717) is 59.3 Å². The summed E-state index contributed by atoms with van der Waals surface area (Å²) in [6.45, 7) is 8.06. The van der Waals surface area contributed by atoms with Gasteiger partial charge in [0.25, 0.3) is 5.56 Å². The molecule has 2 aliphatic heterocycles. The van der Waals surface area contributed by atoms with Gasteiger partial charge < -0.3 is 24.0 Å². The zero-order valence-corrected chi connectivity index (χ0v) is 24.7. The van der Waals surface area contributed by atoms with Gasteiger partial charge in [-0.05, 0) is 75.2 Å². The van der Waals surface area contributed by atoms with Crippen molar-refractivity contribution < 1.29 is 32.2 Å². The van der Waals surface area contributed by atoms with Crippen molar-refractivity contribution in [3.8, 4) is 16.9 Å². The van der Waals surface area contributed by atoms with E-state index in [-0.39, 0.29) is 22.9 Å². The SMILES string of the molecule is Cc1c(-c2c(C(OC(C)(C)C)C(=O)O)n(C)c(=O)c3cc(N4CCS(=O)(=O)CC4)ccc23)cc(F)c2c1CCCO2. The van der Waals surface area contributed by atoms with Gasteiger partial charge in [-0.1, -0.05) is 6.07 Å². The monoisotopic (exact) mass is 586 g/mol. The number of nitrogens with zero attached hydrogens (tertiary/aromatic N) is 2. The molecule has 0 amide bonds. The maximum Gasteiger partial charge on any atom is 0.339 e. The van der Waals surface area contributed by atoms with Crippen molar-refractivity contribution in [3.63, 3.8) is 0 Å². The lowest BCUT2D eigenvalue weighted by atomic mass is 9.87. The highest BCUT2D eigenvalue weighted by atomic mass is 32.2. The summed E-state index contributed by atoms with van der Waals surface area (Å²) < 4.78 is 52.4. The summed E-state index contributed by atoms with van der Waals surface area (Å²) in [7, 11) is -1.61. The molecule has 2 aromatic carbocycles. The van der Waals surface area contributed by atoms with E-state index < -0.39 is 38.9 Å². The summed E-state index contributed by atoms with van der Waals surface area (Å²) in [5, 5.41) is 11.1. The first-order valence-corrected chi connectivity index (χ1v) is 15.5. The van der Waals surface area contributed by atoms with Crippen molar-refractivity contribution in [2.45, 2.75) is 52.2 Å². The average molecular weight is 587 g/mol. The zero-order chi connectivity index (χ0) is 29.9. The number of anilines is 1. The average Bonchev–Trinajstić information content (AvgIpc) is 2.91. The molecule has 0 spiro atoms. The summed E-state index contributed by atoms with van der Waals surface area (Å²) in [6.07, 6.45) is -0.195. The van der Waals surface area contributed by atoms with E-state index in [1.807, 2.05) is 11.8 Å². The number of carbonyl (C=O) groups is 1. The van der Waals surface area contributed by atoms with Gasteiger partial charge in [-0.2, -0.15) is 0 Å². The number of carboxylic acid groups (broad SMARTS) is 1. The number of halogens is 1. The number of hydrogen-bond acceptors (Lipinski definition) is 7. The van der Waals surface area contributed by atoms with Crippen LogP contribution >= 0.6 is 0 Å². The molecule has 0 radical (unpaired) electrons.